The van der Waals surface area contributed by atoms with Crippen molar-refractivity contribution in [1.82, 2.24) is 4.90 Å². The van der Waals surface area contributed by atoms with E-state index < -0.39 is 0 Å². The first-order chi connectivity index (χ1) is 13.5. The zero-order valence-corrected chi connectivity index (χ0v) is 16.7. The molecule has 28 heavy (non-hydrogen) atoms. The van der Waals surface area contributed by atoms with Crippen LogP contribution in [0.25, 0.3) is 0 Å². The third-order valence-corrected chi connectivity index (χ3v) is 4.99. The second-order valence-corrected chi connectivity index (χ2v) is 7.29. The smallest absolute Gasteiger partial charge is 0.267 e. The lowest BCUT2D eigenvalue weighted by molar-refractivity contribution is -0.112. The number of nitriles is 1. The summed E-state index contributed by atoms with van der Waals surface area (Å²) in [6.07, 6.45) is 1.69. The average Bonchev–Trinajstić information content (AvgIpc) is 2.68. The molecule has 1 heterocycles. The number of benzene rings is 2. The number of rotatable bonds is 4. The first kappa shape index (κ1) is 19.5. The summed E-state index contributed by atoms with van der Waals surface area (Å²) in [4.78, 5) is 16.9. The summed E-state index contributed by atoms with van der Waals surface area (Å²) in [5.41, 5.74) is 5.45. The van der Waals surface area contributed by atoms with Crippen LogP contribution in [0.2, 0.25) is 0 Å². The van der Waals surface area contributed by atoms with E-state index in [1.807, 2.05) is 43.0 Å². The Kier molecular flexibility index (Phi) is 6.00. The molecule has 0 aliphatic carbocycles. The SMILES string of the molecule is Cc1cccc(N2CCN(/C=C(/C#N)C(=O)Nc3ccc(C)cc3C)CC2)c1. The molecule has 0 aromatic heterocycles. The molecular weight excluding hydrogens is 348 g/mol. The van der Waals surface area contributed by atoms with Gasteiger partial charge in [-0.1, -0.05) is 29.8 Å². The highest BCUT2D eigenvalue weighted by molar-refractivity contribution is 6.06. The van der Waals surface area contributed by atoms with Crippen molar-refractivity contribution in [2.24, 2.45) is 0 Å². The molecule has 2 aromatic carbocycles. The number of carbonyl (C=O) groups excluding carboxylic acids is 1. The number of aryl methyl sites for hydroxylation is 3. The van der Waals surface area contributed by atoms with Crippen LogP contribution in [0.1, 0.15) is 16.7 Å². The molecule has 3 rings (SSSR count). The zero-order chi connectivity index (χ0) is 20.1. The fraction of sp³-hybridized carbons (Fsp3) is 0.304. The lowest BCUT2D eigenvalue weighted by Crippen LogP contribution is -2.44. The van der Waals surface area contributed by atoms with Crippen LogP contribution in [-0.2, 0) is 4.79 Å². The number of anilines is 2. The summed E-state index contributed by atoms with van der Waals surface area (Å²) in [6.45, 7) is 9.31. The van der Waals surface area contributed by atoms with Crippen molar-refractivity contribution >= 4 is 17.3 Å². The maximum absolute atomic E-state index is 12.5. The van der Waals surface area contributed by atoms with Crippen molar-refractivity contribution in [2.45, 2.75) is 20.8 Å². The summed E-state index contributed by atoms with van der Waals surface area (Å²) in [5, 5.41) is 12.3. The van der Waals surface area contributed by atoms with E-state index in [9.17, 15) is 10.1 Å². The van der Waals surface area contributed by atoms with Crippen LogP contribution in [0.5, 0.6) is 0 Å². The van der Waals surface area contributed by atoms with Gasteiger partial charge in [-0.25, -0.2) is 0 Å². The van der Waals surface area contributed by atoms with Gasteiger partial charge in [0.2, 0.25) is 0 Å². The van der Waals surface area contributed by atoms with Crippen LogP contribution in [0.4, 0.5) is 11.4 Å². The molecule has 1 fully saturated rings. The summed E-state index contributed by atoms with van der Waals surface area (Å²) >= 11 is 0. The minimum atomic E-state index is -0.365. The lowest BCUT2D eigenvalue weighted by Gasteiger charge is -2.35. The number of amides is 1. The molecule has 0 radical (unpaired) electrons. The van der Waals surface area contributed by atoms with Gasteiger partial charge in [0.25, 0.3) is 5.91 Å². The highest BCUT2D eigenvalue weighted by Gasteiger charge is 2.18. The average molecular weight is 374 g/mol. The number of hydrogen-bond acceptors (Lipinski definition) is 4. The Morgan fingerprint density at radius 3 is 2.39 bits per heavy atom. The zero-order valence-electron chi connectivity index (χ0n) is 16.7. The van der Waals surface area contributed by atoms with Crippen LogP contribution in [0, 0.1) is 32.1 Å². The monoisotopic (exact) mass is 374 g/mol. The van der Waals surface area contributed by atoms with E-state index in [-0.39, 0.29) is 11.5 Å². The van der Waals surface area contributed by atoms with E-state index in [1.54, 1.807) is 6.20 Å². The molecule has 2 aromatic rings. The number of carbonyl (C=O) groups is 1. The van der Waals surface area contributed by atoms with Gasteiger partial charge < -0.3 is 15.1 Å². The van der Waals surface area contributed by atoms with Crippen molar-refractivity contribution < 1.29 is 4.79 Å². The van der Waals surface area contributed by atoms with E-state index in [1.165, 1.54) is 11.3 Å². The van der Waals surface area contributed by atoms with Crippen LogP contribution in [0.15, 0.2) is 54.2 Å². The third-order valence-electron chi connectivity index (χ3n) is 4.99. The van der Waals surface area contributed by atoms with E-state index in [0.717, 1.165) is 43.0 Å². The number of nitrogens with zero attached hydrogens (tertiary/aromatic N) is 3. The third kappa shape index (κ3) is 4.72. The molecule has 144 valence electrons. The minimum Gasteiger partial charge on any atom is -0.373 e. The standard InChI is InChI=1S/C23H26N4O/c1-17-5-4-6-21(14-17)27-11-9-26(10-12-27)16-20(15-24)23(28)25-22-8-7-18(2)13-19(22)3/h4-8,13-14,16H,9-12H2,1-3H3,(H,25,28)/b20-16-. The second-order valence-electron chi connectivity index (χ2n) is 7.29. The summed E-state index contributed by atoms with van der Waals surface area (Å²) in [6, 6.07) is 16.3. The number of piperazine rings is 1. The highest BCUT2D eigenvalue weighted by atomic mass is 16.1. The van der Waals surface area contributed by atoms with Crippen molar-refractivity contribution in [1.29, 1.82) is 5.26 Å². The molecule has 1 saturated heterocycles. The molecule has 0 saturated carbocycles. The summed E-state index contributed by atoms with van der Waals surface area (Å²) < 4.78 is 0. The topological polar surface area (TPSA) is 59.4 Å². The predicted octanol–water partition coefficient (Wildman–Crippen LogP) is 3.78. The lowest BCUT2D eigenvalue weighted by atomic mass is 10.1. The Balaban J connectivity index is 1.63. The molecule has 0 unspecified atom stereocenters. The highest BCUT2D eigenvalue weighted by Crippen LogP contribution is 2.19. The Hall–Kier alpha value is -3.26. The maximum atomic E-state index is 12.5. The molecule has 1 aliphatic heterocycles. The van der Waals surface area contributed by atoms with Crippen molar-refractivity contribution in [3.63, 3.8) is 0 Å². The van der Waals surface area contributed by atoms with Crippen molar-refractivity contribution in [3.8, 4) is 6.07 Å². The fourth-order valence-electron chi connectivity index (χ4n) is 3.40. The van der Waals surface area contributed by atoms with Gasteiger partial charge in [-0.2, -0.15) is 5.26 Å². The van der Waals surface area contributed by atoms with E-state index in [2.05, 4.69) is 41.4 Å². The van der Waals surface area contributed by atoms with Crippen LogP contribution in [0.3, 0.4) is 0 Å². The number of nitrogens with one attached hydrogen (secondary N) is 1. The molecule has 1 aliphatic rings. The molecule has 1 amide bonds. The quantitative estimate of drug-likeness (QED) is 0.654. The molecule has 5 heteroatoms. The van der Waals surface area contributed by atoms with E-state index in [4.69, 9.17) is 0 Å². The molecule has 5 nitrogen and oxygen atoms in total. The van der Waals surface area contributed by atoms with Crippen molar-refractivity contribution in [3.05, 3.63) is 70.9 Å². The van der Waals surface area contributed by atoms with Gasteiger partial charge >= 0.3 is 0 Å². The van der Waals surface area contributed by atoms with Crippen molar-refractivity contribution in [2.75, 3.05) is 36.4 Å². The Morgan fingerprint density at radius 1 is 1.04 bits per heavy atom. The maximum Gasteiger partial charge on any atom is 0.267 e. The normalized spacial score (nSPS) is 14.6. The number of hydrogen-bond donors (Lipinski definition) is 1. The largest absolute Gasteiger partial charge is 0.373 e. The Labute approximate surface area is 166 Å². The van der Waals surface area contributed by atoms with Gasteiger partial charge in [0.1, 0.15) is 11.6 Å². The van der Waals surface area contributed by atoms with E-state index in [0.29, 0.717) is 0 Å². The Bertz CT molecular complexity index is 934. The molecule has 0 bridgehead atoms. The summed E-state index contributed by atoms with van der Waals surface area (Å²) in [7, 11) is 0. The molecule has 0 atom stereocenters. The first-order valence-corrected chi connectivity index (χ1v) is 9.52. The van der Waals surface area contributed by atoms with Gasteiger partial charge in [-0.05, 0) is 50.1 Å². The first-order valence-electron chi connectivity index (χ1n) is 9.52. The molecule has 0 spiro atoms. The Morgan fingerprint density at radius 2 is 1.75 bits per heavy atom. The van der Waals surface area contributed by atoms with Gasteiger partial charge in [-0.3, -0.25) is 4.79 Å². The molecular formula is C23H26N4O. The van der Waals surface area contributed by atoms with Crippen LogP contribution < -0.4 is 10.2 Å². The predicted molar refractivity (Wildman–Crippen MR) is 113 cm³/mol. The second kappa shape index (κ2) is 8.62. The van der Waals surface area contributed by atoms with E-state index >= 15 is 0 Å². The van der Waals surface area contributed by atoms with Crippen LogP contribution >= 0.6 is 0 Å². The minimum absolute atomic E-state index is 0.129. The van der Waals surface area contributed by atoms with Gasteiger partial charge in [0.05, 0.1) is 0 Å². The van der Waals surface area contributed by atoms with Gasteiger partial charge in [0, 0.05) is 43.8 Å². The molecule has 1 N–H and O–H groups in total. The van der Waals surface area contributed by atoms with Gasteiger partial charge in [0.15, 0.2) is 0 Å². The summed E-state index contributed by atoms with van der Waals surface area (Å²) in [5.74, 6) is -0.365. The van der Waals surface area contributed by atoms with Gasteiger partial charge in [-0.15, -0.1) is 0 Å². The van der Waals surface area contributed by atoms with Crippen LogP contribution in [-0.4, -0.2) is 37.0 Å². The fourth-order valence-corrected chi connectivity index (χ4v) is 3.40.